The Morgan fingerprint density at radius 2 is 2.05 bits per heavy atom. The van der Waals surface area contributed by atoms with Gasteiger partial charge in [-0.2, -0.15) is 4.98 Å². The van der Waals surface area contributed by atoms with E-state index in [0.717, 1.165) is 15.8 Å². The van der Waals surface area contributed by atoms with E-state index in [4.69, 9.17) is 15.2 Å². The molecule has 0 aliphatic rings. The van der Waals surface area contributed by atoms with Crippen molar-refractivity contribution < 1.29 is 9.47 Å². The van der Waals surface area contributed by atoms with Crippen LogP contribution in [-0.2, 0) is 11.3 Å². The Labute approximate surface area is 119 Å². The predicted octanol–water partition coefficient (Wildman–Crippen LogP) is 3.07. The normalized spacial score (nSPS) is 10.5. The number of rotatable bonds is 4. The summed E-state index contributed by atoms with van der Waals surface area (Å²) in [6.07, 6.45) is 0. The van der Waals surface area contributed by atoms with E-state index >= 15 is 0 Å². The molecule has 2 rings (SSSR count). The number of nitrogens with zero attached hydrogens (tertiary/aromatic N) is 2. The Balaban J connectivity index is 2.29. The molecule has 0 atom stereocenters. The van der Waals surface area contributed by atoms with E-state index in [-0.39, 0.29) is 0 Å². The number of nitrogens with two attached hydrogens (primary N) is 1. The molecule has 0 saturated carbocycles. The summed E-state index contributed by atoms with van der Waals surface area (Å²) < 4.78 is 11.7. The van der Waals surface area contributed by atoms with Gasteiger partial charge in [0, 0.05) is 17.6 Å². The van der Waals surface area contributed by atoms with Crippen molar-refractivity contribution in [1.82, 2.24) is 9.97 Å². The predicted molar refractivity (Wildman–Crippen MR) is 76.1 cm³/mol. The Hall–Kier alpha value is -1.66. The van der Waals surface area contributed by atoms with Gasteiger partial charge in [0.1, 0.15) is 18.2 Å². The first kappa shape index (κ1) is 13.8. The first-order chi connectivity index (χ1) is 9.08. The highest BCUT2D eigenvalue weighted by atomic mass is 79.9. The van der Waals surface area contributed by atoms with Gasteiger partial charge >= 0.3 is 0 Å². The molecule has 0 unspecified atom stereocenters. The third-order valence-electron chi connectivity index (χ3n) is 2.41. The van der Waals surface area contributed by atoms with Crippen molar-refractivity contribution in [3.63, 3.8) is 0 Å². The number of ether oxygens (including phenoxy) is 2. The number of hydrogen-bond donors (Lipinski definition) is 1. The lowest BCUT2D eigenvalue weighted by atomic mass is 10.2. The molecule has 0 saturated heterocycles. The average molecular weight is 324 g/mol. The van der Waals surface area contributed by atoms with Crippen LogP contribution in [0.3, 0.4) is 0 Å². The Morgan fingerprint density at radius 1 is 1.26 bits per heavy atom. The second-order valence-electron chi connectivity index (χ2n) is 3.99. The van der Waals surface area contributed by atoms with Gasteiger partial charge < -0.3 is 15.2 Å². The molecule has 0 bridgehead atoms. The molecule has 0 aliphatic heterocycles. The maximum Gasteiger partial charge on any atom is 0.224 e. The molecule has 6 heteroatoms. The molecule has 0 aliphatic carbocycles. The van der Waals surface area contributed by atoms with Crippen LogP contribution in [0.4, 0.5) is 5.82 Å². The van der Waals surface area contributed by atoms with Crippen LogP contribution in [0.2, 0.25) is 0 Å². The zero-order valence-electron chi connectivity index (χ0n) is 10.7. The first-order valence-corrected chi connectivity index (χ1v) is 6.44. The summed E-state index contributed by atoms with van der Waals surface area (Å²) in [4.78, 5) is 8.29. The molecule has 19 heavy (non-hydrogen) atoms. The minimum atomic E-state index is 0.291. The number of anilines is 1. The van der Waals surface area contributed by atoms with Crippen LogP contribution in [0.15, 0.2) is 28.7 Å². The molecular formula is C13H14BrN3O2. The van der Waals surface area contributed by atoms with E-state index in [1.165, 1.54) is 0 Å². The van der Waals surface area contributed by atoms with Crippen molar-refractivity contribution in [2.45, 2.75) is 13.5 Å². The van der Waals surface area contributed by atoms with Gasteiger partial charge in [-0.3, -0.25) is 0 Å². The summed E-state index contributed by atoms with van der Waals surface area (Å²) in [5.74, 6) is 1.96. The standard InChI is InChI=1S/C13H14BrN3O2/c1-8-3-4-9(14)5-10(8)19-13-6-11(15)16-12(17-13)7-18-2/h3-6H,7H2,1-2H3,(H2,15,16,17). The number of aromatic nitrogens is 2. The topological polar surface area (TPSA) is 70.3 Å². The van der Waals surface area contributed by atoms with Crippen molar-refractivity contribution >= 4 is 21.7 Å². The molecule has 2 aromatic rings. The van der Waals surface area contributed by atoms with Crippen LogP contribution in [0.5, 0.6) is 11.6 Å². The summed E-state index contributed by atoms with van der Waals surface area (Å²) >= 11 is 3.41. The van der Waals surface area contributed by atoms with Crippen LogP contribution >= 0.6 is 15.9 Å². The molecule has 0 amide bonds. The fourth-order valence-corrected chi connectivity index (χ4v) is 1.87. The third kappa shape index (κ3) is 3.65. The number of benzene rings is 1. The minimum absolute atomic E-state index is 0.291. The van der Waals surface area contributed by atoms with E-state index < -0.39 is 0 Å². The second-order valence-corrected chi connectivity index (χ2v) is 4.91. The largest absolute Gasteiger partial charge is 0.439 e. The van der Waals surface area contributed by atoms with Gasteiger partial charge in [-0.15, -0.1) is 0 Å². The molecule has 0 spiro atoms. The van der Waals surface area contributed by atoms with E-state index in [1.54, 1.807) is 13.2 Å². The summed E-state index contributed by atoms with van der Waals surface area (Å²) in [6.45, 7) is 2.25. The highest BCUT2D eigenvalue weighted by Crippen LogP contribution is 2.27. The fraction of sp³-hybridized carbons (Fsp3) is 0.231. The fourth-order valence-electron chi connectivity index (χ4n) is 1.53. The zero-order chi connectivity index (χ0) is 13.8. The van der Waals surface area contributed by atoms with Crippen LogP contribution in [-0.4, -0.2) is 17.1 Å². The maximum absolute atomic E-state index is 5.74. The summed E-state index contributed by atoms with van der Waals surface area (Å²) in [6, 6.07) is 7.37. The molecular weight excluding hydrogens is 310 g/mol. The summed E-state index contributed by atoms with van der Waals surface area (Å²) in [5.41, 5.74) is 6.72. The maximum atomic E-state index is 5.74. The average Bonchev–Trinajstić information content (AvgIpc) is 2.33. The van der Waals surface area contributed by atoms with E-state index in [9.17, 15) is 0 Å². The summed E-state index contributed by atoms with van der Waals surface area (Å²) in [7, 11) is 1.57. The molecule has 1 aromatic carbocycles. The van der Waals surface area contributed by atoms with Crippen LogP contribution in [0.1, 0.15) is 11.4 Å². The van der Waals surface area contributed by atoms with E-state index in [0.29, 0.717) is 24.1 Å². The van der Waals surface area contributed by atoms with Gasteiger partial charge in [0.15, 0.2) is 5.82 Å². The number of aryl methyl sites for hydroxylation is 1. The number of methoxy groups -OCH3 is 1. The van der Waals surface area contributed by atoms with Gasteiger partial charge in [-0.1, -0.05) is 22.0 Å². The number of hydrogen-bond acceptors (Lipinski definition) is 5. The SMILES string of the molecule is COCc1nc(N)cc(Oc2cc(Br)ccc2C)n1. The molecule has 1 heterocycles. The van der Waals surface area contributed by atoms with Crippen LogP contribution < -0.4 is 10.5 Å². The number of halogens is 1. The molecule has 2 N–H and O–H groups in total. The van der Waals surface area contributed by atoms with Gasteiger partial charge in [-0.05, 0) is 24.6 Å². The monoisotopic (exact) mass is 323 g/mol. The van der Waals surface area contributed by atoms with Gasteiger partial charge in [0.25, 0.3) is 0 Å². The van der Waals surface area contributed by atoms with Crippen molar-refractivity contribution in [2.24, 2.45) is 0 Å². The highest BCUT2D eigenvalue weighted by molar-refractivity contribution is 9.10. The second kappa shape index (κ2) is 5.99. The van der Waals surface area contributed by atoms with Crippen molar-refractivity contribution in [3.8, 4) is 11.6 Å². The molecule has 0 radical (unpaired) electrons. The third-order valence-corrected chi connectivity index (χ3v) is 2.90. The quantitative estimate of drug-likeness (QED) is 0.936. The molecule has 1 aromatic heterocycles. The number of nitrogen functional groups attached to an aromatic ring is 1. The lowest BCUT2D eigenvalue weighted by Gasteiger charge is -2.09. The van der Waals surface area contributed by atoms with Crippen LogP contribution in [0, 0.1) is 6.92 Å². The Morgan fingerprint density at radius 3 is 2.79 bits per heavy atom. The minimum Gasteiger partial charge on any atom is -0.439 e. The smallest absolute Gasteiger partial charge is 0.224 e. The highest BCUT2D eigenvalue weighted by Gasteiger charge is 2.07. The van der Waals surface area contributed by atoms with Crippen molar-refractivity contribution in [1.29, 1.82) is 0 Å². The van der Waals surface area contributed by atoms with Gasteiger partial charge in [0.2, 0.25) is 5.88 Å². The van der Waals surface area contributed by atoms with E-state index in [1.807, 2.05) is 25.1 Å². The van der Waals surface area contributed by atoms with Crippen molar-refractivity contribution in [3.05, 3.63) is 40.1 Å². The molecule has 5 nitrogen and oxygen atoms in total. The molecule has 100 valence electrons. The Kier molecular flexibility index (Phi) is 4.34. The van der Waals surface area contributed by atoms with Crippen LogP contribution in [0.25, 0.3) is 0 Å². The van der Waals surface area contributed by atoms with Gasteiger partial charge in [-0.25, -0.2) is 4.98 Å². The lowest BCUT2D eigenvalue weighted by molar-refractivity contribution is 0.177. The lowest BCUT2D eigenvalue weighted by Crippen LogP contribution is -2.02. The van der Waals surface area contributed by atoms with Crippen molar-refractivity contribution in [2.75, 3.05) is 12.8 Å². The Bertz CT molecular complexity index is 590. The summed E-state index contributed by atoms with van der Waals surface area (Å²) in [5, 5.41) is 0. The first-order valence-electron chi connectivity index (χ1n) is 5.65. The molecule has 0 fully saturated rings. The van der Waals surface area contributed by atoms with Gasteiger partial charge in [0.05, 0.1) is 0 Å². The zero-order valence-corrected chi connectivity index (χ0v) is 12.3. The van der Waals surface area contributed by atoms with E-state index in [2.05, 4.69) is 25.9 Å².